The highest BCUT2D eigenvalue weighted by Gasteiger charge is 2.27. The van der Waals surface area contributed by atoms with Crippen LogP contribution >= 0.6 is 0 Å². The van der Waals surface area contributed by atoms with Gasteiger partial charge in [0.05, 0.1) is 4.90 Å². The molecular weight excluding hydrogens is 408 g/mol. The zero-order valence-corrected chi connectivity index (χ0v) is 17.9. The molecule has 162 valence electrons. The zero-order chi connectivity index (χ0) is 22.1. The molecule has 1 fully saturated rings. The number of ketones is 1. The molecule has 0 bridgehead atoms. The number of nitrogens with two attached hydrogens (primary N) is 1. The number of aromatic amines is 1. The van der Waals surface area contributed by atoms with Gasteiger partial charge in [-0.1, -0.05) is 20.3 Å². The van der Waals surface area contributed by atoms with Gasteiger partial charge in [-0.25, -0.2) is 13.2 Å². The Morgan fingerprint density at radius 1 is 1.10 bits per heavy atom. The second kappa shape index (κ2) is 8.57. The van der Waals surface area contributed by atoms with E-state index in [0.29, 0.717) is 13.1 Å². The second-order valence-corrected chi connectivity index (χ2v) is 9.78. The molecule has 9 nitrogen and oxygen atoms in total. The quantitative estimate of drug-likeness (QED) is 0.656. The summed E-state index contributed by atoms with van der Waals surface area (Å²) in [4.78, 5) is 39.5. The highest BCUT2D eigenvalue weighted by Crippen LogP contribution is 2.22. The van der Waals surface area contributed by atoms with Gasteiger partial charge < -0.3 is 5.73 Å². The highest BCUT2D eigenvalue weighted by atomic mass is 32.2. The molecule has 1 aliphatic rings. The maximum Gasteiger partial charge on any atom is 0.329 e. The van der Waals surface area contributed by atoms with Crippen molar-refractivity contribution < 1.29 is 13.2 Å². The number of H-pyrrole nitrogens is 1. The number of rotatable bonds is 6. The fourth-order valence-corrected chi connectivity index (χ4v) is 5.05. The maximum absolute atomic E-state index is 12.9. The van der Waals surface area contributed by atoms with Crippen LogP contribution in [0.4, 0.5) is 5.82 Å². The fraction of sp³-hybridized carbons (Fsp3) is 0.450. The Morgan fingerprint density at radius 2 is 1.70 bits per heavy atom. The van der Waals surface area contributed by atoms with Crippen molar-refractivity contribution >= 4 is 21.6 Å². The molecule has 3 rings (SSSR count). The van der Waals surface area contributed by atoms with E-state index in [-0.39, 0.29) is 34.3 Å². The summed E-state index contributed by atoms with van der Waals surface area (Å²) >= 11 is 0. The number of carbonyl (C=O) groups is 1. The SMILES string of the molecule is CC(C)Cn1c(N)c(C(=O)c2ccc(S(=O)(=O)N3CCCCC3)cc2)c(=O)[nH]c1=O. The summed E-state index contributed by atoms with van der Waals surface area (Å²) in [6.45, 7) is 4.95. The van der Waals surface area contributed by atoms with Gasteiger partial charge in [0, 0.05) is 25.2 Å². The highest BCUT2D eigenvalue weighted by molar-refractivity contribution is 7.89. The van der Waals surface area contributed by atoms with E-state index in [4.69, 9.17) is 5.73 Å². The molecule has 1 saturated heterocycles. The summed E-state index contributed by atoms with van der Waals surface area (Å²) in [5.74, 6) is -0.807. The van der Waals surface area contributed by atoms with Crippen LogP contribution in [0.1, 0.15) is 49.0 Å². The number of aromatic nitrogens is 2. The number of benzene rings is 1. The molecule has 0 aliphatic carbocycles. The number of piperidine rings is 1. The van der Waals surface area contributed by atoms with Gasteiger partial charge in [0.1, 0.15) is 11.4 Å². The molecule has 0 atom stereocenters. The third kappa shape index (κ3) is 4.24. The van der Waals surface area contributed by atoms with Crippen LogP contribution in [0.25, 0.3) is 0 Å². The average Bonchev–Trinajstić information content (AvgIpc) is 2.71. The van der Waals surface area contributed by atoms with Crippen molar-refractivity contribution in [2.75, 3.05) is 18.8 Å². The molecule has 1 aliphatic heterocycles. The summed E-state index contributed by atoms with van der Waals surface area (Å²) in [6, 6.07) is 5.42. The summed E-state index contributed by atoms with van der Waals surface area (Å²) in [7, 11) is -3.63. The molecule has 0 unspecified atom stereocenters. The van der Waals surface area contributed by atoms with Crippen LogP contribution in [-0.4, -0.2) is 41.1 Å². The molecular formula is C20H26N4O5S. The Labute approximate surface area is 174 Å². The molecule has 0 spiro atoms. The third-order valence-electron chi connectivity index (χ3n) is 5.08. The lowest BCUT2D eigenvalue weighted by Gasteiger charge is -2.25. The maximum atomic E-state index is 12.9. The van der Waals surface area contributed by atoms with Gasteiger partial charge in [-0.15, -0.1) is 0 Å². The number of anilines is 1. The number of nitrogens with zero attached hydrogens (tertiary/aromatic N) is 2. The molecule has 0 saturated carbocycles. The Bertz CT molecular complexity index is 1160. The predicted octanol–water partition coefficient (Wildman–Crippen LogP) is 1.18. The summed E-state index contributed by atoms with van der Waals surface area (Å²) < 4.78 is 28.1. The van der Waals surface area contributed by atoms with Gasteiger partial charge >= 0.3 is 5.69 Å². The Kier molecular flexibility index (Phi) is 6.27. The molecule has 10 heteroatoms. The van der Waals surface area contributed by atoms with Crippen LogP contribution < -0.4 is 17.0 Å². The number of nitrogens with one attached hydrogen (secondary N) is 1. The minimum absolute atomic E-state index is 0.0677. The first-order valence-corrected chi connectivity index (χ1v) is 11.3. The van der Waals surface area contributed by atoms with Crippen molar-refractivity contribution in [2.24, 2.45) is 5.92 Å². The van der Waals surface area contributed by atoms with E-state index in [1.54, 1.807) is 0 Å². The van der Waals surface area contributed by atoms with Crippen LogP contribution in [0, 0.1) is 5.92 Å². The third-order valence-corrected chi connectivity index (χ3v) is 7.00. The molecule has 2 heterocycles. The number of hydrogen-bond donors (Lipinski definition) is 2. The van der Waals surface area contributed by atoms with Crippen molar-refractivity contribution in [3.63, 3.8) is 0 Å². The molecule has 2 aromatic rings. The Balaban J connectivity index is 1.95. The van der Waals surface area contributed by atoms with Crippen molar-refractivity contribution in [3.05, 3.63) is 56.2 Å². The zero-order valence-electron chi connectivity index (χ0n) is 17.1. The largest absolute Gasteiger partial charge is 0.384 e. The van der Waals surface area contributed by atoms with E-state index in [1.807, 2.05) is 13.8 Å². The molecule has 1 aromatic carbocycles. The van der Waals surface area contributed by atoms with Crippen molar-refractivity contribution in [1.29, 1.82) is 0 Å². The Morgan fingerprint density at radius 3 is 2.27 bits per heavy atom. The van der Waals surface area contributed by atoms with E-state index < -0.39 is 27.1 Å². The standard InChI is InChI=1S/C20H26N4O5S/c1-13(2)12-24-18(21)16(19(26)22-20(24)27)17(25)14-6-8-15(9-7-14)30(28,29)23-10-4-3-5-11-23/h6-9,13H,3-5,10-12,21H2,1-2H3,(H,22,26,27). The van der Waals surface area contributed by atoms with Gasteiger partial charge in [-0.2, -0.15) is 4.31 Å². The normalized spacial score (nSPS) is 15.4. The van der Waals surface area contributed by atoms with Gasteiger partial charge in [0.15, 0.2) is 0 Å². The first-order chi connectivity index (χ1) is 14.1. The van der Waals surface area contributed by atoms with E-state index in [0.717, 1.165) is 23.8 Å². The molecule has 0 amide bonds. The lowest BCUT2D eigenvalue weighted by Crippen LogP contribution is -2.37. The van der Waals surface area contributed by atoms with Crippen LogP contribution in [-0.2, 0) is 16.6 Å². The minimum Gasteiger partial charge on any atom is -0.384 e. The van der Waals surface area contributed by atoms with Gasteiger partial charge in [0.2, 0.25) is 15.8 Å². The molecule has 0 radical (unpaired) electrons. The number of nitrogen functional groups attached to an aromatic ring is 1. The van der Waals surface area contributed by atoms with Crippen LogP contribution in [0.2, 0.25) is 0 Å². The first-order valence-electron chi connectivity index (χ1n) is 9.90. The topological polar surface area (TPSA) is 135 Å². The lowest BCUT2D eigenvalue weighted by molar-refractivity contribution is 0.103. The first kappa shape index (κ1) is 22.0. The van der Waals surface area contributed by atoms with Gasteiger partial charge in [-0.05, 0) is 43.0 Å². The van der Waals surface area contributed by atoms with Gasteiger partial charge in [0.25, 0.3) is 5.56 Å². The number of hydrogen-bond acceptors (Lipinski definition) is 6. The number of sulfonamides is 1. The fourth-order valence-electron chi connectivity index (χ4n) is 3.53. The number of carbonyl (C=O) groups excluding carboxylic acids is 1. The van der Waals surface area contributed by atoms with Crippen molar-refractivity contribution in [3.8, 4) is 0 Å². The monoisotopic (exact) mass is 434 g/mol. The predicted molar refractivity (Wildman–Crippen MR) is 113 cm³/mol. The van der Waals surface area contributed by atoms with Crippen molar-refractivity contribution in [1.82, 2.24) is 13.9 Å². The van der Waals surface area contributed by atoms with Crippen molar-refractivity contribution in [2.45, 2.75) is 44.6 Å². The van der Waals surface area contributed by atoms with Crippen LogP contribution in [0.3, 0.4) is 0 Å². The van der Waals surface area contributed by atoms with E-state index >= 15 is 0 Å². The van der Waals surface area contributed by atoms with Gasteiger partial charge in [-0.3, -0.25) is 19.1 Å². The van der Waals surface area contributed by atoms with E-state index in [9.17, 15) is 22.8 Å². The molecule has 30 heavy (non-hydrogen) atoms. The van der Waals surface area contributed by atoms with E-state index in [1.165, 1.54) is 28.6 Å². The van der Waals surface area contributed by atoms with Crippen LogP contribution in [0.5, 0.6) is 0 Å². The Hall–Kier alpha value is -2.72. The second-order valence-electron chi connectivity index (χ2n) is 7.84. The summed E-state index contributed by atoms with van der Waals surface area (Å²) in [6.07, 6.45) is 2.66. The lowest BCUT2D eigenvalue weighted by atomic mass is 10.0. The molecule has 1 aromatic heterocycles. The summed E-state index contributed by atoms with van der Waals surface area (Å²) in [5.41, 5.74) is 4.22. The minimum atomic E-state index is -3.63. The smallest absolute Gasteiger partial charge is 0.329 e. The molecule has 3 N–H and O–H groups in total. The van der Waals surface area contributed by atoms with E-state index in [2.05, 4.69) is 4.98 Å². The summed E-state index contributed by atoms with van der Waals surface area (Å²) in [5, 5.41) is 0. The average molecular weight is 435 g/mol. The van der Waals surface area contributed by atoms with Crippen LogP contribution in [0.15, 0.2) is 38.8 Å².